The van der Waals surface area contributed by atoms with Gasteiger partial charge in [-0.25, -0.2) is 0 Å². The van der Waals surface area contributed by atoms with E-state index in [9.17, 15) is 4.79 Å². The summed E-state index contributed by atoms with van der Waals surface area (Å²) < 4.78 is 11.8. The van der Waals surface area contributed by atoms with Crippen molar-refractivity contribution in [3.63, 3.8) is 0 Å². The number of benzene rings is 2. The van der Waals surface area contributed by atoms with Gasteiger partial charge >= 0.3 is 0 Å². The van der Waals surface area contributed by atoms with Gasteiger partial charge < -0.3 is 9.47 Å². The summed E-state index contributed by atoms with van der Waals surface area (Å²) in [5, 5.41) is 14.1. The maximum Gasteiger partial charge on any atom is 0.264 e. The van der Waals surface area contributed by atoms with Crippen molar-refractivity contribution in [3.8, 4) is 22.9 Å². The van der Waals surface area contributed by atoms with Crippen LogP contribution in [0.5, 0.6) is 11.5 Å². The number of anilines is 2. The van der Waals surface area contributed by atoms with Gasteiger partial charge in [0, 0.05) is 29.7 Å². The zero-order valence-electron chi connectivity index (χ0n) is 18.7. The van der Waals surface area contributed by atoms with Crippen LogP contribution in [0.15, 0.2) is 67.0 Å². The molecule has 4 aromatic rings. The van der Waals surface area contributed by atoms with E-state index in [2.05, 4.69) is 25.6 Å². The number of hydrogen-bond donors (Lipinski definition) is 1. The summed E-state index contributed by atoms with van der Waals surface area (Å²) in [5.41, 5.74) is 2.60. The highest BCUT2D eigenvalue weighted by atomic mass is 16.5. The summed E-state index contributed by atoms with van der Waals surface area (Å²) in [7, 11) is 1.62. The first-order valence-electron chi connectivity index (χ1n) is 11.2. The van der Waals surface area contributed by atoms with E-state index in [-0.39, 0.29) is 12.0 Å². The number of H-pyrrole nitrogens is 1. The number of carbonyl (C=O) groups is 1. The van der Waals surface area contributed by atoms with Crippen molar-refractivity contribution in [3.05, 3.63) is 72.6 Å². The van der Waals surface area contributed by atoms with E-state index >= 15 is 0 Å². The first kappa shape index (κ1) is 21.6. The van der Waals surface area contributed by atoms with Crippen molar-refractivity contribution in [1.82, 2.24) is 25.6 Å². The molecule has 1 aliphatic rings. The van der Waals surface area contributed by atoms with Crippen LogP contribution in [0.2, 0.25) is 0 Å². The third kappa shape index (κ3) is 4.45. The average Bonchev–Trinajstić information content (AvgIpc) is 3.60. The minimum atomic E-state index is -0.211. The second-order valence-corrected chi connectivity index (χ2v) is 8.02. The van der Waals surface area contributed by atoms with Crippen LogP contribution < -0.4 is 14.4 Å². The molecule has 1 amide bonds. The van der Waals surface area contributed by atoms with E-state index < -0.39 is 0 Å². The quantitative estimate of drug-likeness (QED) is 0.434. The Morgan fingerprint density at radius 1 is 1.03 bits per heavy atom. The number of methoxy groups -OCH3 is 1. The van der Waals surface area contributed by atoms with Crippen LogP contribution >= 0.6 is 0 Å². The molecular formula is C25H24N6O3. The van der Waals surface area contributed by atoms with Crippen LogP contribution in [0.3, 0.4) is 0 Å². The molecule has 0 aliphatic heterocycles. The van der Waals surface area contributed by atoms with Crippen molar-refractivity contribution in [2.24, 2.45) is 0 Å². The number of nitrogens with zero attached hydrogens (tertiary/aromatic N) is 5. The lowest BCUT2D eigenvalue weighted by Gasteiger charge is -2.25. The molecule has 9 heteroatoms. The molecule has 5 rings (SSSR count). The van der Waals surface area contributed by atoms with Crippen LogP contribution in [0, 0.1) is 0 Å². The van der Waals surface area contributed by atoms with Crippen LogP contribution in [-0.4, -0.2) is 44.7 Å². The average molecular weight is 457 g/mol. The van der Waals surface area contributed by atoms with Gasteiger partial charge in [0.2, 0.25) is 5.82 Å². The van der Waals surface area contributed by atoms with Crippen molar-refractivity contribution < 1.29 is 14.3 Å². The maximum absolute atomic E-state index is 13.6. The van der Waals surface area contributed by atoms with Gasteiger partial charge in [-0.2, -0.15) is 5.21 Å². The second-order valence-electron chi connectivity index (χ2n) is 8.02. The lowest BCUT2D eigenvalue weighted by atomic mass is 10.1. The van der Waals surface area contributed by atoms with Gasteiger partial charge in [-0.15, -0.1) is 10.2 Å². The Bertz CT molecular complexity index is 1240. The fraction of sp³-hybridized carbons (Fsp3) is 0.240. The minimum absolute atomic E-state index is 0.154. The number of aromatic amines is 1. The van der Waals surface area contributed by atoms with E-state index in [0.717, 1.165) is 31.2 Å². The molecular weight excluding hydrogens is 432 g/mol. The van der Waals surface area contributed by atoms with E-state index in [1.165, 1.54) is 0 Å². The normalized spacial score (nSPS) is 13.6. The standard InChI is InChI=1S/C25H24N6O3/c1-33-22-13-12-20(15-23(22)34-21-6-2-3-7-21)31(25(32)18-5-4-14-26-16-18)19-10-8-17(9-11-19)24-27-29-30-28-24/h4-5,8-16,21H,2-3,6-7H2,1H3,(H,27,28,29,30). The summed E-state index contributed by atoms with van der Waals surface area (Å²) in [6.45, 7) is 0. The van der Waals surface area contributed by atoms with Gasteiger partial charge in [0.15, 0.2) is 11.5 Å². The number of hydrogen-bond acceptors (Lipinski definition) is 7. The Kier molecular flexibility index (Phi) is 6.15. The summed E-state index contributed by atoms with van der Waals surface area (Å²) in [5.74, 6) is 1.53. The summed E-state index contributed by atoms with van der Waals surface area (Å²) >= 11 is 0. The van der Waals surface area contributed by atoms with E-state index in [1.807, 2.05) is 42.5 Å². The Balaban J connectivity index is 1.55. The molecule has 1 aliphatic carbocycles. The lowest BCUT2D eigenvalue weighted by molar-refractivity contribution is 0.0999. The first-order valence-corrected chi connectivity index (χ1v) is 11.2. The molecule has 1 saturated carbocycles. The third-order valence-electron chi connectivity index (χ3n) is 5.84. The van der Waals surface area contributed by atoms with Crippen molar-refractivity contribution >= 4 is 17.3 Å². The maximum atomic E-state index is 13.6. The fourth-order valence-electron chi connectivity index (χ4n) is 4.13. The molecule has 0 saturated heterocycles. The number of ether oxygens (including phenoxy) is 2. The molecule has 172 valence electrons. The molecule has 34 heavy (non-hydrogen) atoms. The SMILES string of the molecule is COc1ccc(N(C(=O)c2cccnc2)c2ccc(-c3nn[nH]n3)cc2)cc1OC1CCCC1. The van der Waals surface area contributed by atoms with E-state index in [4.69, 9.17) is 9.47 Å². The number of tetrazole rings is 1. The zero-order valence-corrected chi connectivity index (χ0v) is 18.7. The van der Waals surface area contributed by atoms with Crippen molar-refractivity contribution in [2.75, 3.05) is 12.0 Å². The van der Waals surface area contributed by atoms with Crippen LogP contribution in [0.1, 0.15) is 36.0 Å². The summed E-state index contributed by atoms with van der Waals surface area (Å²) in [6.07, 6.45) is 7.70. The molecule has 2 heterocycles. The molecule has 9 nitrogen and oxygen atoms in total. The number of rotatable bonds is 7. The second kappa shape index (κ2) is 9.70. The molecule has 0 atom stereocenters. The number of aromatic nitrogens is 5. The molecule has 0 radical (unpaired) electrons. The Labute approximate surface area is 196 Å². The Hall–Kier alpha value is -4.27. The Morgan fingerprint density at radius 2 is 1.82 bits per heavy atom. The van der Waals surface area contributed by atoms with Crippen molar-refractivity contribution in [1.29, 1.82) is 0 Å². The fourth-order valence-corrected chi connectivity index (χ4v) is 4.13. The Morgan fingerprint density at radius 3 is 2.50 bits per heavy atom. The highest BCUT2D eigenvalue weighted by Crippen LogP contribution is 2.38. The number of pyridine rings is 1. The highest BCUT2D eigenvalue weighted by molar-refractivity contribution is 6.11. The van der Waals surface area contributed by atoms with Crippen LogP contribution in [0.4, 0.5) is 11.4 Å². The van der Waals surface area contributed by atoms with Gasteiger partial charge in [0.1, 0.15) is 0 Å². The van der Waals surface area contributed by atoms with Crippen LogP contribution in [-0.2, 0) is 0 Å². The predicted molar refractivity (Wildman–Crippen MR) is 126 cm³/mol. The molecule has 2 aromatic heterocycles. The minimum Gasteiger partial charge on any atom is -0.493 e. The van der Waals surface area contributed by atoms with Crippen molar-refractivity contribution in [2.45, 2.75) is 31.8 Å². The smallest absolute Gasteiger partial charge is 0.264 e. The van der Waals surface area contributed by atoms with Gasteiger partial charge in [0.25, 0.3) is 5.91 Å². The molecule has 0 unspecified atom stereocenters. The number of amides is 1. The molecule has 0 spiro atoms. The first-order chi connectivity index (χ1) is 16.7. The van der Waals surface area contributed by atoms with Crippen LogP contribution in [0.25, 0.3) is 11.4 Å². The predicted octanol–water partition coefficient (Wildman–Crippen LogP) is 4.57. The van der Waals surface area contributed by atoms with Gasteiger partial charge in [0.05, 0.1) is 24.5 Å². The third-order valence-corrected chi connectivity index (χ3v) is 5.84. The van der Waals surface area contributed by atoms with E-state index in [0.29, 0.717) is 34.3 Å². The monoisotopic (exact) mass is 456 g/mol. The van der Waals surface area contributed by atoms with E-state index in [1.54, 1.807) is 36.5 Å². The summed E-state index contributed by atoms with van der Waals surface area (Å²) in [4.78, 5) is 19.4. The molecule has 0 bridgehead atoms. The zero-order chi connectivity index (χ0) is 23.3. The molecule has 2 aromatic carbocycles. The molecule has 1 N–H and O–H groups in total. The molecule has 1 fully saturated rings. The van der Waals surface area contributed by atoms with Gasteiger partial charge in [-0.3, -0.25) is 14.7 Å². The number of nitrogens with one attached hydrogen (secondary N) is 1. The van der Waals surface area contributed by atoms with Gasteiger partial charge in [-0.05, 0) is 79.4 Å². The lowest BCUT2D eigenvalue weighted by Crippen LogP contribution is -2.26. The topological polar surface area (TPSA) is 106 Å². The summed E-state index contributed by atoms with van der Waals surface area (Å²) in [6, 6.07) is 16.4. The largest absolute Gasteiger partial charge is 0.493 e. The van der Waals surface area contributed by atoms with Gasteiger partial charge in [-0.1, -0.05) is 0 Å². The highest BCUT2D eigenvalue weighted by Gasteiger charge is 2.24. The number of carbonyl (C=O) groups excluding carboxylic acids is 1.